The highest BCUT2D eigenvalue weighted by Crippen LogP contribution is 2.51. The van der Waals surface area contributed by atoms with Gasteiger partial charge in [0.15, 0.2) is 0 Å². The van der Waals surface area contributed by atoms with Gasteiger partial charge in [-0.2, -0.15) is 5.10 Å². The van der Waals surface area contributed by atoms with Gasteiger partial charge >= 0.3 is 0 Å². The number of methoxy groups -OCH3 is 1. The predicted molar refractivity (Wildman–Crippen MR) is 73.0 cm³/mol. The average Bonchev–Trinajstić information content (AvgIpc) is 2.86. The molecule has 1 heterocycles. The van der Waals surface area contributed by atoms with Crippen molar-refractivity contribution in [3.05, 3.63) is 18.0 Å². The minimum absolute atomic E-state index is 0.0593. The van der Waals surface area contributed by atoms with Crippen LogP contribution in [-0.2, 0) is 11.3 Å². The maximum absolute atomic E-state index is 12.2. The van der Waals surface area contributed by atoms with Gasteiger partial charge in [0, 0.05) is 31.3 Å². The molecule has 5 heteroatoms. The Morgan fingerprint density at radius 2 is 2.26 bits per heavy atom. The third-order valence-corrected chi connectivity index (χ3v) is 4.80. The Balaban J connectivity index is 2.01. The van der Waals surface area contributed by atoms with E-state index in [9.17, 15) is 4.79 Å². The van der Waals surface area contributed by atoms with E-state index < -0.39 is 0 Å². The highest BCUT2D eigenvalue weighted by molar-refractivity contribution is 5.94. The zero-order valence-electron chi connectivity index (χ0n) is 12.4. The Morgan fingerprint density at radius 1 is 1.58 bits per heavy atom. The van der Waals surface area contributed by atoms with E-state index in [1.807, 2.05) is 6.92 Å². The normalized spacial score (nSPS) is 28.8. The van der Waals surface area contributed by atoms with E-state index in [1.165, 1.54) is 0 Å². The lowest BCUT2D eigenvalue weighted by atomic mass is 9.56. The summed E-state index contributed by atoms with van der Waals surface area (Å²) < 4.78 is 7.31. The number of aromatic nitrogens is 2. The monoisotopic (exact) mass is 265 g/mol. The molecule has 5 nitrogen and oxygen atoms in total. The first-order valence-electron chi connectivity index (χ1n) is 6.72. The first-order valence-corrected chi connectivity index (χ1v) is 6.72. The highest BCUT2D eigenvalue weighted by Gasteiger charge is 2.58. The maximum Gasteiger partial charge on any atom is 0.254 e. The molecule has 0 spiro atoms. The summed E-state index contributed by atoms with van der Waals surface area (Å²) in [6.07, 6.45) is 4.22. The van der Waals surface area contributed by atoms with E-state index in [0.717, 1.165) is 13.0 Å². The third-order valence-electron chi connectivity index (χ3n) is 4.80. The van der Waals surface area contributed by atoms with Crippen molar-refractivity contribution in [2.75, 3.05) is 7.11 Å². The Morgan fingerprint density at radius 3 is 2.74 bits per heavy atom. The molecular weight excluding hydrogens is 242 g/mol. The van der Waals surface area contributed by atoms with E-state index in [2.05, 4.69) is 31.2 Å². The van der Waals surface area contributed by atoms with Gasteiger partial charge in [-0.05, 0) is 20.3 Å². The first-order chi connectivity index (χ1) is 8.84. The number of amides is 1. The molecule has 0 radical (unpaired) electrons. The number of nitrogens with zero attached hydrogens (tertiary/aromatic N) is 2. The SMILES string of the molecule is CCn1cc(C(=O)N[C@@H]2C[C@@](C)(OC)C2(C)C)cn1. The summed E-state index contributed by atoms with van der Waals surface area (Å²) in [5, 5.41) is 7.20. The van der Waals surface area contributed by atoms with Crippen LogP contribution < -0.4 is 5.32 Å². The molecular formula is C14H23N3O2. The summed E-state index contributed by atoms with van der Waals surface area (Å²) in [4.78, 5) is 12.2. The molecule has 1 aliphatic rings. The van der Waals surface area contributed by atoms with Crippen LogP contribution in [0.1, 0.15) is 44.5 Å². The fourth-order valence-electron chi connectivity index (χ4n) is 2.62. The van der Waals surface area contributed by atoms with Crippen LogP contribution in [0.4, 0.5) is 0 Å². The largest absolute Gasteiger partial charge is 0.378 e. The van der Waals surface area contributed by atoms with Gasteiger partial charge in [0.25, 0.3) is 5.91 Å². The average molecular weight is 265 g/mol. The number of hydrogen-bond acceptors (Lipinski definition) is 3. The van der Waals surface area contributed by atoms with Gasteiger partial charge in [-0.3, -0.25) is 9.48 Å². The van der Waals surface area contributed by atoms with E-state index in [4.69, 9.17) is 4.74 Å². The summed E-state index contributed by atoms with van der Waals surface area (Å²) in [6, 6.07) is 0.134. The number of aryl methyl sites for hydroxylation is 1. The Labute approximate surface area is 114 Å². The number of nitrogens with one attached hydrogen (secondary N) is 1. The zero-order chi connectivity index (χ0) is 14.3. The van der Waals surface area contributed by atoms with Crippen molar-refractivity contribution in [2.24, 2.45) is 5.41 Å². The predicted octanol–water partition coefficient (Wildman–Crippen LogP) is 1.84. The molecule has 1 aromatic rings. The quantitative estimate of drug-likeness (QED) is 0.903. The van der Waals surface area contributed by atoms with Gasteiger partial charge in [-0.1, -0.05) is 13.8 Å². The van der Waals surface area contributed by atoms with Crippen LogP contribution in [0.25, 0.3) is 0 Å². The summed E-state index contributed by atoms with van der Waals surface area (Å²) in [5.41, 5.74) is 0.375. The summed E-state index contributed by atoms with van der Waals surface area (Å²) in [7, 11) is 1.73. The molecule has 1 amide bonds. The Bertz CT molecular complexity index is 481. The number of carbonyl (C=O) groups excluding carboxylic acids is 1. The summed E-state index contributed by atoms with van der Waals surface area (Å²) in [6.45, 7) is 9.10. The van der Waals surface area contributed by atoms with Crippen molar-refractivity contribution in [3.63, 3.8) is 0 Å². The van der Waals surface area contributed by atoms with Gasteiger partial charge < -0.3 is 10.1 Å². The molecule has 0 saturated heterocycles. The second-order valence-electron chi connectivity index (χ2n) is 5.97. The van der Waals surface area contributed by atoms with E-state index in [0.29, 0.717) is 5.56 Å². The van der Waals surface area contributed by atoms with Crippen LogP contribution in [0.2, 0.25) is 0 Å². The van der Waals surface area contributed by atoms with Crippen LogP contribution in [0.3, 0.4) is 0 Å². The molecule has 0 aliphatic heterocycles. The lowest BCUT2D eigenvalue weighted by Crippen LogP contribution is -2.68. The molecule has 0 bridgehead atoms. The molecule has 106 valence electrons. The lowest BCUT2D eigenvalue weighted by Gasteiger charge is -2.59. The Kier molecular flexibility index (Phi) is 3.43. The van der Waals surface area contributed by atoms with Crippen molar-refractivity contribution < 1.29 is 9.53 Å². The molecule has 1 aromatic heterocycles. The van der Waals surface area contributed by atoms with Crippen molar-refractivity contribution in [3.8, 4) is 0 Å². The van der Waals surface area contributed by atoms with Gasteiger partial charge in [0.2, 0.25) is 0 Å². The van der Waals surface area contributed by atoms with Crippen molar-refractivity contribution in [2.45, 2.75) is 52.3 Å². The summed E-state index contributed by atoms with van der Waals surface area (Å²) in [5.74, 6) is -0.0593. The van der Waals surface area contributed by atoms with Crippen LogP contribution >= 0.6 is 0 Å². The van der Waals surface area contributed by atoms with Crippen molar-refractivity contribution >= 4 is 5.91 Å². The van der Waals surface area contributed by atoms with Crippen LogP contribution in [0.5, 0.6) is 0 Å². The maximum atomic E-state index is 12.2. The van der Waals surface area contributed by atoms with Gasteiger partial charge in [0.1, 0.15) is 0 Å². The van der Waals surface area contributed by atoms with Gasteiger partial charge in [0.05, 0.1) is 17.4 Å². The minimum Gasteiger partial charge on any atom is -0.378 e. The lowest BCUT2D eigenvalue weighted by molar-refractivity contribution is -0.177. The standard InChI is InChI=1S/C14H23N3O2/c1-6-17-9-10(8-15-17)12(18)16-11-7-14(4,19-5)13(11,2)3/h8-9,11H,6-7H2,1-5H3,(H,16,18)/t11-,14-/m1/s1. The third kappa shape index (κ3) is 2.16. The topological polar surface area (TPSA) is 56.2 Å². The zero-order valence-corrected chi connectivity index (χ0v) is 12.4. The van der Waals surface area contributed by atoms with Crippen LogP contribution in [-0.4, -0.2) is 34.4 Å². The van der Waals surface area contributed by atoms with E-state index in [-0.39, 0.29) is 23.0 Å². The fourth-order valence-corrected chi connectivity index (χ4v) is 2.62. The smallest absolute Gasteiger partial charge is 0.254 e. The van der Waals surface area contributed by atoms with Gasteiger partial charge in [-0.25, -0.2) is 0 Å². The molecule has 1 N–H and O–H groups in total. The number of rotatable bonds is 4. The second kappa shape index (κ2) is 4.63. The molecule has 2 atom stereocenters. The first kappa shape index (κ1) is 14.1. The molecule has 19 heavy (non-hydrogen) atoms. The number of ether oxygens (including phenoxy) is 1. The highest BCUT2D eigenvalue weighted by atomic mass is 16.5. The molecule has 2 rings (SSSR count). The number of carbonyl (C=O) groups is 1. The van der Waals surface area contributed by atoms with Crippen molar-refractivity contribution in [1.82, 2.24) is 15.1 Å². The van der Waals surface area contributed by atoms with Crippen LogP contribution in [0.15, 0.2) is 12.4 Å². The molecule has 1 aliphatic carbocycles. The van der Waals surface area contributed by atoms with Crippen LogP contribution in [0, 0.1) is 5.41 Å². The summed E-state index contributed by atoms with van der Waals surface area (Å²) >= 11 is 0. The van der Waals surface area contributed by atoms with Gasteiger partial charge in [-0.15, -0.1) is 0 Å². The van der Waals surface area contributed by atoms with E-state index in [1.54, 1.807) is 24.2 Å². The molecule has 0 unspecified atom stereocenters. The Hall–Kier alpha value is -1.36. The van der Waals surface area contributed by atoms with Crippen molar-refractivity contribution in [1.29, 1.82) is 0 Å². The van der Waals surface area contributed by atoms with E-state index >= 15 is 0 Å². The fraction of sp³-hybridized carbons (Fsp3) is 0.714. The molecule has 1 fully saturated rings. The number of hydrogen-bond donors (Lipinski definition) is 1. The second-order valence-corrected chi connectivity index (χ2v) is 5.97. The molecule has 1 saturated carbocycles. The minimum atomic E-state index is -0.168. The molecule has 0 aromatic carbocycles.